The summed E-state index contributed by atoms with van der Waals surface area (Å²) < 4.78 is 11.0. The van der Waals surface area contributed by atoms with E-state index >= 15 is 0 Å². The van der Waals surface area contributed by atoms with Crippen molar-refractivity contribution in [3.8, 4) is 0 Å². The van der Waals surface area contributed by atoms with Crippen LogP contribution in [0.3, 0.4) is 0 Å². The maximum absolute atomic E-state index is 12.6. The third-order valence-electron chi connectivity index (χ3n) is 4.98. The number of nitrogens with two attached hydrogens (primary N) is 1. The fraction of sp³-hybridized carbons (Fsp3) is 0.238. The molecule has 0 radical (unpaired) electrons. The molecule has 4 rings (SSSR count). The van der Waals surface area contributed by atoms with Crippen LogP contribution in [0.1, 0.15) is 30.1 Å². The molecule has 7 heteroatoms. The van der Waals surface area contributed by atoms with Gasteiger partial charge in [0.15, 0.2) is 6.10 Å². The molecule has 0 spiro atoms. The van der Waals surface area contributed by atoms with Crippen molar-refractivity contribution in [2.24, 2.45) is 5.73 Å². The molecule has 28 heavy (non-hydrogen) atoms. The molecule has 6 nitrogen and oxygen atoms in total. The van der Waals surface area contributed by atoms with Crippen LogP contribution >= 0.6 is 11.6 Å². The molecule has 2 heterocycles. The number of ether oxygens (including phenoxy) is 2. The molecule has 2 aliphatic rings. The van der Waals surface area contributed by atoms with E-state index in [0.29, 0.717) is 17.9 Å². The Labute approximate surface area is 167 Å². The van der Waals surface area contributed by atoms with E-state index in [1.165, 1.54) is 4.90 Å². The summed E-state index contributed by atoms with van der Waals surface area (Å²) in [6.45, 7) is 0. The van der Waals surface area contributed by atoms with Gasteiger partial charge < -0.3 is 15.2 Å². The number of carbonyl (C=O) groups is 2. The van der Waals surface area contributed by atoms with E-state index in [-0.39, 0.29) is 17.8 Å². The largest absolute Gasteiger partial charge is 0.516 e. The second-order valence-electron chi connectivity index (χ2n) is 6.72. The number of allylic oxidation sites excluding steroid dienone is 1. The highest BCUT2D eigenvalue weighted by Crippen LogP contribution is 2.38. The number of rotatable bonds is 4. The van der Waals surface area contributed by atoms with Crippen molar-refractivity contribution in [3.05, 3.63) is 82.7 Å². The summed E-state index contributed by atoms with van der Waals surface area (Å²) in [7, 11) is 0. The van der Waals surface area contributed by atoms with Gasteiger partial charge in [-0.05, 0) is 24.0 Å². The predicted molar refractivity (Wildman–Crippen MR) is 103 cm³/mol. The molecular formula is C21H19ClN2O4. The lowest BCUT2D eigenvalue weighted by molar-refractivity contribution is -0.150. The normalized spacial score (nSPS) is 21.2. The van der Waals surface area contributed by atoms with Gasteiger partial charge in [-0.25, -0.2) is 4.79 Å². The molecule has 1 amide bonds. The van der Waals surface area contributed by atoms with Crippen molar-refractivity contribution in [2.45, 2.75) is 31.0 Å². The smallest absolute Gasteiger partial charge is 0.421 e. The van der Waals surface area contributed by atoms with Crippen molar-refractivity contribution in [1.29, 1.82) is 0 Å². The molecule has 0 unspecified atom stereocenters. The number of β-lactam (4-membered cyclic amide) rings is 1. The zero-order valence-corrected chi connectivity index (χ0v) is 15.7. The van der Waals surface area contributed by atoms with Gasteiger partial charge in [-0.1, -0.05) is 72.3 Å². The predicted octanol–water partition coefficient (Wildman–Crippen LogP) is 3.67. The first-order chi connectivity index (χ1) is 13.6. The molecule has 1 saturated heterocycles. The highest BCUT2D eigenvalue weighted by Gasteiger charge is 2.50. The van der Waals surface area contributed by atoms with Gasteiger partial charge in [0.05, 0.1) is 11.1 Å². The summed E-state index contributed by atoms with van der Waals surface area (Å²) in [5.41, 5.74) is 7.42. The summed E-state index contributed by atoms with van der Waals surface area (Å²) in [4.78, 5) is 26.0. The Morgan fingerprint density at radius 1 is 1.07 bits per heavy atom. The van der Waals surface area contributed by atoms with E-state index in [1.807, 2.05) is 60.7 Å². The van der Waals surface area contributed by atoms with Crippen molar-refractivity contribution in [3.63, 3.8) is 0 Å². The summed E-state index contributed by atoms with van der Waals surface area (Å²) in [5, 5.41) is 0.310. The first-order valence-corrected chi connectivity index (χ1v) is 9.39. The van der Waals surface area contributed by atoms with Crippen molar-refractivity contribution in [2.75, 3.05) is 0 Å². The lowest BCUT2D eigenvalue weighted by Gasteiger charge is -2.47. The molecule has 2 aromatic carbocycles. The first kappa shape index (κ1) is 18.5. The number of hydrogen-bond acceptors (Lipinski definition) is 5. The van der Waals surface area contributed by atoms with Gasteiger partial charge in [0.25, 0.3) is 0 Å². The van der Waals surface area contributed by atoms with Crippen LogP contribution in [0.4, 0.5) is 4.79 Å². The van der Waals surface area contributed by atoms with Crippen LogP contribution in [0.25, 0.3) is 0 Å². The summed E-state index contributed by atoms with van der Waals surface area (Å²) in [6, 6.07) is 17.9. The molecule has 0 saturated carbocycles. The monoisotopic (exact) mass is 398 g/mol. The topological polar surface area (TPSA) is 81.9 Å². The Morgan fingerprint density at radius 3 is 2.21 bits per heavy atom. The molecule has 2 aromatic rings. The lowest BCUT2D eigenvalue weighted by atomic mass is 9.89. The van der Waals surface area contributed by atoms with E-state index in [1.54, 1.807) is 0 Å². The van der Waals surface area contributed by atoms with E-state index in [0.717, 1.165) is 11.1 Å². The minimum Gasteiger partial charge on any atom is -0.421 e. The van der Waals surface area contributed by atoms with Gasteiger partial charge in [0, 0.05) is 0 Å². The molecule has 2 aliphatic heterocycles. The fourth-order valence-electron chi connectivity index (χ4n) is 3.53. The third kappa shape index (κ3) is 3.37. The number of carbonyl (C=O) groups excluding carboxylic acids is 2. The molecule has 2 atom stereocenters. The van der Waals surface area contributed by atoms with E-state index < -0.39 is 18.3 Å². The van der Waals surface area contributed by atoms with E-state index in [9.17, 15) is 9.59 Å². The van der Waals surface area contributed by atoms with Crippen LogP contribution < -0.4 is 5.73 Å². The summed E-state index contributed by atoms with van der Waals surface area (Å²) in [5.74, 6) is -0.289. The first-order valence-electron chi connectivity index (χ1n) is 9.02. The molecule has 0 aromatic heterocycles. The maximum atomic E-state index is 12.6. The van der Waals surface area contributed by atoms with E-state index in [2.05, 4.69) is 0 Å². The van der Waals surface area contributed by atoms with Crippen LogP contribution in [-0.2, 0) is 14.3 Å². The van der Waals surface area contributed by atoms with Gasteiger partial charge in [-0.15, -0.1) is 0 Å². The minimum atomic E-state index is -0.931. The maximum Gasteiger partial charge on any atom is 0.516 e. The van der Waals surface area contributed by atoms with Gasteiger partial charge >= 0.3 is 6.16 Å². The highest BCUT2D eigenvalue weighted by molar-refractivity contribution is 6.30. The summed E-state index contributed by atoms with van der Waals surface area (Å²) in [6.07, 6.45) is -0.444. The van der Waals surface area contributed by atoms with E-state index in [4.69, 9.17) is 26.8 Å². The Morgan fingerprint density at radius 2 is 1.64 bits per heavy atom. The van der Waals surface area contributed by atoms with Crippen molar-refractivity contribution < 1.29 is 19.1 Å². The van der Waals surface area contributed by atoms with Crippen LogP contribution in [-0.4, -0.2) is 29.0 Å². The zero-order valence-electron chi connectivity index (χ0n) is 15.0. The van der Waals surface area contributed by atoms with Gasteiger partial charge in [0.1, 0.15) is 6.04 Å². The van der Waals surface area contributed by atoms with Crippen LogP contribution in [0.15, 0.2) is 71.6 Å². The Kier molecular flexibility index (Phi) is 5.07. The van der Waals surface area contributed by atoms with Crippen molar-refractivity contribution >= 4 is 23.7 Å². The number of amides is 1. The average molecular weight is 399 g/mol. The molecule has 0 bridgehead atoms. The molecule has 1 fully saturated rings. The average Bonchev–Trinajstić information content (AvgIpc) is 2.74. The number of nitrogens with zero attached hydrogens (tertiary/aromatic N) is 1. The minimum absolute atomic E-state index is 0.0227. The molecule has 144 valence electrons. The molecular weight excluding hydrogens is 380 g/mol. The third-order valence-corrected chi connectivity index (χ3v) is 5.33. The van der Waals surface area contributed by atoms with Crippen LogP contribution in [0, 0.1) is 0 Å². The second-order valence-corrected chi connectivity index (χ2v) is 7.18. The lowest BCUT2D eigenvalue weighted by Crippen LogP contribution is -2.69. The van der Waals surface area contributed by atoms with Gasteiger partial charge in [0.2, 0.25) is 11.8 Å². The zero-order chi connectivity index (χ0) is 19.7. The highest BCUT2D eigenvalue weighted by atomic mass is 35.5. The number of halogens is 1. The van der Waals surface area contributed by atoms with Crippen molar-refractivity contribution in [1.82, 2.24) is 4.90 Å². The Bertz CT molecular complexity index is 877. The molecule has 2 N–H and O–H groups in total. The summed E-state index contributed by atoms with van der Waals surface area (Å²) >= 11 is 6.22. The Hall–Kier alpha value is -2.83. The SMILES string of the molecule is N[C@@H]1C(=O)N2C(OC(=O)OC(c3ccccc3)c3ccccc3)=C(Cl)CC[C@@H]12. The standard InChI is InChI=1S/C21H19ClN2O4/c22-15-11-12-16-17(23)19(25)24(16)20(15)28-21(26)27-18(13-7-3-1-4-8-13)14-9-5-2-6-10-14/h1-10,16-18H,11-12,23H2/t16-,17-/m0/s1. The second kappa shape index (κ2) is 7.66. The van der Waals surface area contributed by atoms with Gasteiger partial charge in [-0.2, -0.15) is 0 Å². The number of benzene rings is 2. The molecule has 0 aliphatic carbocycles. The van der Waals surface area contributed by atoms with Crippen LogP contribution in [0.5, 0.6) is 0 Å². The Balaban J connectivity index is 1.55. The van der Waals surface area contributed by atoms with Gasteiger partial charge in [-0.3, -0.25) is 9.69 Å². The quantitative estimate of drug-likeness (QED) is 0.627. The number of hydrogen-bond donors (Lipinski definition) is 1. The fourth-order valence-corrected chi connectivity index (χ4v) is 3.77. The van der Waals surface area contributed by atoms with Crippen LogP contribution in [0.2, 0.25) is 0 Å². The number of fused-ring (bicyclic) bond motifs is 1.